The van der Waals surface area contributed by atoms with Gasteiger partial charge in [-0.25, -0.2) is 8.42 Å². The third kappa shape index (κ3) is 5.27. The molecule has 0 spiro atoms. The predicted molar refractivity (Wildman–Crippen MR) is 113 cm³/mol. The molecule has 0 aromatic heterocycles. The molecule has 0 saturated heterocycles. The highest BCUT2D eigenvalue weighted by molar-refractivity contribution is 7.89. The van der Waals surface area contributed by atoms with Crippen LogP contribution in [0.25, 0.3) is 0 Å². The van der Waals surface area contributed by atoms with Crippen molar-refractivity contribution in [3.05, 3.63) is 47.5 Å². The summed E-state index contributed by atoms with van der Waals surface area (Å²) in [5.74, 6) is 0.280. The topological polar surface area (TPSA) is 93.7 Å². The molecule has 0 fully saturated rings. The molecule has 29 heavy (non-hydrogen) atoms. The highest BCUT2D eigenvalue weighted by atomic mass is 32.2. The van der Waals surface area contributed by atoms with Gasteiger partial charge in [0.2, 0.25) is 15.9 Å². The number of aryl methyl sites for hydroxylation is 2. The van der Waals surface area contributed by atoms with Crippen molar-refractivity contribution >= 4 is 21.6 Å². The number of anilines is 1. The van der Waals surface area contributed by atoms with Gasteiger partial charge in [-0.1, -0.05) is 32.0 Å². The molecule has 8 heteroatoms. The van der Waals surface area contributed by atoms with Crippen LogP contribution in [0.15, 0.2) is 41.3 Å². The molecule has 0 radical (unpaired) electrons. The lowest BCUT2D eigenvalue weighted by Gasteiger charge is -2.18. The molecule has 2 rings (SSSR count). The molecule has 158 valence electrons. The molecule has 0 aliphatic rings. The summed E-state index contributed by atoms with van der Waals surface area (Å²) in [7, 11) is -1.04. The first-order valence-electron chi connectivity index (χ1n) is 9.43. The Morgan fingerprint density at radius 1 is 1.00 bits per heavy atom. The van der Waals surface area contributed by atoms with Crippen molar-refractivity contribution in [2.75, 3.05) is 19.5 Å². The van der Waals surface area contributed by atoms with Crippen LogP contribution in [0, 0.1) is 0 Å². The third-order valence-electron chi connectivity index (χ3n) is 4.64. The van der Waals surface area contributed by atoms with E-state index >= 15 is 0 Å². The zero-order valence-electron chi connectivity index (χ0n) is 17.4. The summed E-state index contributed by atoms with van der Waals surface area (Å²) in [5, 5.41) is 2.89. The van der Waals surface area contributed by atoms with Gasteiger partial charge >= 0.3 is 0 Å². The first-order valence-corrected chi connectivity index (χ1v) is 10.9. The van der Waals surface area contributed by atoms with Crippen LogP contribution in [-0.2, 0) is 27.7 Å². The first kappa shape index (κ1) is 22.7. The van der Waals surface area contributed by atoms with E-state index < -0.39 is 22.0 Å². The first-order chi connectivity index (χ1) is 13.8. The van der Waals surface area contributed by atoms with Crippen molar-refractivity contribution in [3.63, 3.8) is 0 Å². The van der Waals surface area contributed by atoms with Crippen molar-refractivity contribution < 1.29 is 22.7 Å². The molecule has 0 heterocycles. The van der Waals surface area contributed by atoms with Crippen molar-refractivity contribution in [2.45, 2.75) is 44.6 Å². The number of benzene rings is 2. The summed E-state index contributed by atoms with van der Waals surface area (Å²) < 4.78 is 38.2. The second-order valence-corrected chi connectivity index (χ2v) is 8.22. The van der Waals surface area contributed by atoms with E-state index in [9.17, 15) is 13.2 Å². The predicted octanol–water partition coefficient (Wildman–Crippen LogP) is 3.13. The average molecular weight is 421 g/mol. The number of methoxy groups -OCH3 is 2. The fraction of sp³-hybridized carbons (Fsp3) is 0.381. The standard InChI is InChI=1S/C21H28N2O5S/c1-6-15-9-8-10-16(7-2)20(15)22-21(24)14(3)23-29(25,26)17-11-12-18(27-4)19(13-17)28-5/h8-14,23H,6-7H2,1-5H3,(H,22,24)/t14-/m0/s1. The van der Waals surface area contributed by atoms with E-state index in [1.807, 2.05) is 32.0 Å². The fourth-order valence-corrected chi connectivity index (χ4v) is 4.19. The van der Waals surface area contributed by atoms with Crippen LogP contribution in [0.3, 0.4) is 0 Å². The summed E-state index contributed by atoms with van der Waals surface area (Å²) in [6.45, 7) is 5.52. The molecule has 2 aromatic rings. The molecular formula is C21H28N2O5S. The maximum absolute atomic E-state index is 12.7. The van der Waals surface area contributed by atoms with Crippen molar-refractivity contribution in [2.24, 2.45) is 0 Å². The van der Waals surface area contributed by atoms with Gasteiger partial charge in [-0.2, -0.15) is 4.72 Å². The van der Waals surface area contributed by atoms with Gasteiger partial charge in [-0.15, -0.1) is 0 Å². The highest BCUT2D eigenvalue weighted by Crippen LogP contribution is 2.29. The summed E-state index contributed by atoms with van der Waals surface area (Å²) in [5.41, 5.74) is 2.76. The normalized spacial score (nSPS) is 12.3. The van der Waals surface area contributed by atoms with Gasteiger partial charge in [0.25, 0.3) is 0 Å². The Kier molecular flexibility index (Phi) is 7.64. The largest absolute Gasteiger partial charge is 0.493 e. The van der Waals surface area contributed by atoms with Gasteiger partial charge in [0.15, 0.2) is 11.5 Å². The van der Waals surface area contributed by atoms with Crippen LogP contribution in [-0.4, -0.2) is 34.6 Å². The zero-order valence-corrected chi connectivity index (χ0v) is 18.2. The number of ether oxygens (including phenoxy) is 2. The number of carbonyl (C=O) groups is 1. The van der Waals surface area contributed by atoms with E-state index in [2.05, 4.69) is 10.0 Å². The van der Waals surface area contributed by atoms with Gasteiger partial charge in [0, 0.05) is 11.8 Å². The minimum atomic E-state index is -3.93. The number of para-hydroxylation sites is 1. The van der Waals surface area contributed by atoms with Gasteiger partial charge in [-0.05, 0) is 43.0 Å². The van der Waals surface area contributed by atoms with Crippen LogP contribution >= 0.6 is 0 Å². The monoisotopic (exact) mass is 420 g/mol. The van der Waals surface area contributed by atoms with Gasteiger partial charge in [0.05, 0.1) is 25.2 Å². The van der Waals surface area contributed by atoms with Crippen LogP contribution < -0.4 is 19.5 Å². The minimum absolute atomic E-state index is 0.0157. The quantitative estimate of drug-likeness (QED) is 0.650. The van der Waals surface area contributed by atoms with Gasteiger partial charge < -0.3 is 14.8 Å². The smallest absolute Gasteiger partial charge is 0.242 e. The number of amides is 1. The summed E-state index contributed by atoms with van der Waals surface area (Å²) >= 11 is 0. The molecule has 2 aromatic carbocycles. The van der Waals surface area contributed by atoms with E-state index in [4.69, 9.17) is 9.47 Å². The second-order valence-electron chi connectivity index (χ2n) is 6.51. The number of rotatable bonds is 9. The van der Waals surface area contributed by atoms with E-state index in [-0.39, 0.29) is 10.6 Å². The Bertz CT molecular complexity index is 951. The number of hydrogen-bond donors (Lipinski definition) is 2. The molecule has 0 aliphatic carbocycles. The molecule has 1 atom stereocenters. The lowest BCUT2D eigenvalue weighted by atomic mass is 10.0. The van der Waals surface area contributed by atoms with E-state index in [0.717, 1.165) is 29.7 Å². The van der Waals surface area contributed by atoms with Gasteiger partial charge in [0.1, 0.15) is 0 Å². The zero-order chi connectivity index (χ0) is 21.6. The molecule has 0 aliphatic heterocycles. The maximum Gasteiger partial charge on any atom is 0.242 e. The van der Waals surface area contributed by atoms with Gasteiger partial charge in [-0.3, -0.25) is 4.79 Å². The Labute approximate surface area is 172 Å². The SMILES string of the molecule is CCc1cccc(CC)c1NC(=O)[C@H](C)NS(=O)(=O)c1ccc(OC)c(OC)c1. The number of sulfonamides is 1. The lowest BCUT2D eigenvalue weighted by Crippen LogP contribution is -2.41. The van der Waals surface area contributed by atoms with Crippen molar-refractivity contribution in [3.8, 4) is 11.5 Å². The maximum atomic E-state index is 12.7. The summed E-state index contributed by atoms with van der Waals surface area (Å²) in [6, 6.07) is 9.14. The average Bonchev–Trinajstić information content (AvgIpc) is 2.72. The molecule has 7 nitrogen and oxygen atoms in total. The second kappa shape index (κ2) is 9.76. The van der Waals surface area contributed by atoms with Crippen LogP contribution in [0.5, 0.6) is 11.5 Å². The number of nitrogens with one attached hydrogen (secondary N) is 2. The molecule has 1 amide bonds. The Hall–Kier alpha value is -2.58. The molecule has 0 saturated carbocycles. The highest BCUT2D eigenvalue weighted by Gasteiger charge is 2.24. The Morgan fingerprint density at radius 2 is 1.59 bits per heavy atom. The Morgan fingerprint density at radius 3 is 2.10 bits per heavy atom. The number of carbonyl (C=O) groups excluding carboxylic acids is 1. The van der Waals surface area contributed by atoms with Crippen LogP contribution in [0.4, 0.5) is 5.69 Å². The lowest BCUT2D eigenvalue weighted by molar-refractivity contribution is -0.117. The molecular weight excluding hydrogens is 392 g/mol. The third-order valence-corrected chi connectivity index (χ3v) is 6.18. The van der Waals surface area contributed by atoms with Crippen molar-refractivity contribution in [1.29, 1.82) is 0 Å². The van der Waals surface area contributed by atoms with Crippen molar-refractivity contribution in [1.82, 2.24) is 4.72 Å². The summed E-state index contributed by atoms with van der Waals surface area (Å²) in [4.78, 5) is 12.7. The summed E-state index contributed by atoms with van der Waals surface area (Å²) in [6.07, 6.45) is 1.52. The van der Waals surface area contributed by atoms with E-state index in [1.54, 1.807) is 0 Å². The van der Waals surface area contributed by atoms with Crippen LogP contribution in [0.2, 0.25) is 0 Å². The van der Waals surface area contributed by atoms with Crippen LogP contribution in [0.1, 0.15) is 31.9 Å². The Balaban J connectivity index is 2.21. The molecule has 0 unspecified atom stereocenters. The van der Waals surface area contributed by atoms with E-state index in [0.29, 0.717) is 5.75 Å². The number of hydrogen-bond acceptors (Lipinski definition) is 5. The fourth-order valence-electron chi connectivity index (χ4n) is 2.97. The van der Waals surface area contributed by atoms with E-state index in [1.165, 1.54) is 39.3 Å². The minimum Gasteiger partial charge on any atom is -0.493 e. The molecule has 2 N–H and O–H groups in total. The molecule has 0 bridgehead atoms.